The highest BCUT2D eigenvalue weighted by atomic mass is 35.5. The molecule has 0 aliphatic heterocycles. The Bertz CT molecular complexity index is 1110. The maximum absolute atomic E-state index is 8.97. The molecular formula is C25H24Cl2N4. The van der Waals surface area contributed by atoms with Crippen LogP contribution in [0.15, 0.2) is 61.1 Å². The molecule has 1 atom stereocenters. The molecule has 0 bridgehead atoms. The number of rotatable bonds is 6. The summed E-state index contributed by atoms with van der Waals surface area (Å²) in [4.78, 5) is 4.34. The first kappa shape index (κ1) is 21.6. The smallest absolute Gasteiger partial charge is 0.0991 e. The predicted molar refractivity (Wildman–Crippen MR) is 126 cm³/mol. The Balaban J connectivity index is 1.45. The van der Waals surface area contributed by atoms with Gasteiger partial charge in [-0.1, -0.05) is 60.0 Å². The molecule has 1 aromatic heterocycles. The first-order valence-electron chi connectivity index (χ1n) is 10.5. The zero-order chi connectivity index (χ0) is 21.6. The molecule has 0 spiro atoms. The fourth-order valence-electron chi connectivity index (χ4n) is 3.98. The number of nitriles is 1. The van der Waals surface area contributed by atoms with Crippen molar-refractivity contribution in [2.45, 2.75) is 44.8 Å². The van der Waals surface area contributed by atoms with E-state index in [2.05, 4.69) is 33.1 Å². The van der Waals surface area contributed by atoms with Crippen molar-refractivity contribution in [3.8, 4) is 6.07 Å². The second kappa shape index (κ2) is 10.2. The molecule has 3 aromatic rings. The molecule has 0 amide bonds. The van der Waals surface area contributed by atoms with Crippen molar-refractivity contribution in [1.29, 1.82) is 5.26 Å². The van der Waals surface area contributed by atoms with E-state index in [1.54, 1.807) is 0 Å². The Morgan fingerprint density at radius 2 is 1.97 bits per heavy atom. The number of aromatic nitrogens is 2. The summed E-state index contributed by atoms with van der Waals surface area (Å²) in [5.41, 5.74) is 5.24. The summed E-state index contributed by atoms with van der Waals surface area (Å²) in [5.74, 6) is 0. The summed E-state index contributed by atoms with van der Waals surface area (Å²) < 4.78 is 2.14. The van der Waals surface area contributed by atoms with Gasteiger partial charge in [0, 0.05) is 25.3 Å². The average molecular weight is 451 g/mol. The van der Waals surface area contributed by atoms with Gasteiger partial charge in [-0.05, 0) is 54.2 Å². The molecule has 0 saturated heterocycles. The normalized spacial score (nSPS) is 16.4. The largest absolute Gasteiger partial charge is 0.329 e. The second-order valence-electron chi connectivity index (χ2n) is 7.85. The summed E-state index contributed by atoms with van der Waals surface area (Å²) in [6.07, 6.45) is 10.5. The van der Waals surface area contributed by atoms with Crippen molar-refractivity contribution in [3.63, 3.8) is 0 Å². The van der Waals surface area contributed by atoms with Gasteiger partial charge in [0.2, 0.25) is 0 Å². The molecule has 1 unspecified atom stereocenters. The minimum Gasteiger partial charge on any atom is -0.329 e. The number of hydrogen-bond donors (Lipinski definition) is 1. The first-order valence-corrected chi connectivity index (χ1v) is 11.3. The van der Waals surface area contributed by atoms with Crippen molar-refractivity contribution < 1.29 is 0 Å². The van der Waals surface area contributed by atoms with Crippen molar-refractivity contribution in [2.24, 2.45) is 0 Å². The van der Waals surface area contributed by atoms with Gasteiger partial charge >= 0.3 is 0 Å². The fourth-order valence-corrected chi connectivity index (χ4v) is 4.40. The fraction of sp³-hybridized carbons (Fsp3) is 0.280. The van der Waals surface area contributed by atoms with Crippen LogP contribution < -0.4 is 5.32 Å². The molecule has 1 aliphatic carbocycles. The van der Waals surface area contributed by atoms with E-state index in [0.717, 1.165) is 49.2 Å². The van der Waals surface area contributed by atoms with E-state index < -0.39 is 0 Å². The molecule has 2 aromatic carbocycles. The molecular weight excluding hydrogens is 427 g/mol. The van der Waals surface area contributed by atoms with Crippen LogP contribution in [0, 0.1) is 11.3 Å². The lowest BCUT2D eigenvalue weighted by molar-refractivity contribution is 0.525. The monoisotopic (exact) mass is 450 g/mol. The van der Waals surface area contributed by atoms with Crippen LogP contribution in [0.1, 0.15) is 48.1 Å². The van der Waals surface area contributed by atoms with Gasteiger partial charge in [0.25, 0.3) is 0 Å². The molecule has 1 heterocycles. The molecule has 0 radical (unpaired) electrons. The highest BCUT2D eigenvalue weighted by molar-refractivity contribution is 6.43. The average Bonchev–Trinajstić information content (AvgIpc) is 3.09. The summed E-state index contributed by atoms with van der Waals surface area (Å²) in [6.45, 7) is 1.46. The number of hydrogen-bond acceptors (Lipinski definition) is 3. The summed E-state index contributed by atoms with van der Waals surface area (Å²) in [7, 11) is 0. The second-order valence-corrected chi connectivity index (χ2v) is 8.63. The van der Waals surface area contributed by atoms with Crippen molar-refractivity contribution in [3.05, 3.63) is 93.5 Å². The van der Waals surface area contributed by atoms with Crippen LogP contribution in [-0.4, -0.2) is 15.6 Å². The maximum Gasteiger partial charge on any atom is 0.0991 e. The van der Waals surface area contributed by atoms with Gasteiger partial charge in [0.1, 0.15) is 0 Å². The Morgan fingerprint density at radius 3 is 2.77 bits per heavy atom. The van der Waals surface area contributed by atoms with E-state index in [1.165, 1.54) is 12.0 Å². The quantitative estimate of drug-likeness (QED) is 0.484. The van der Waals surface area contributed by atoms with Crippen LogP contribution in [0.5, 0.6) is 0 Å². The lowest BCUT2D eigenvalue weighted by Crippen LogP contribution is -2.27. The number of nitrogens with zero attached hydrogens (tertiary/aromatic N) is 3. The predicted octanol–water partition coefficient (Wildman–Crippen LogP) is 6.23. The molecule has 31 heavy (non-hydrogen) atoms. The van der Waals surface area contributed by atoms with Crippen molar-refractivity contribution >= 4 is 28.8 Å². The molecule has 6 heteroatoms. The molecule has 0 fully saturated rings. The SMILES string of the molecule is N#Cc1ccc(Cn2cncc2CNC2C=C(c3cccc(Cl)c3Cl)CCCC2)cc1. The topological polar surface area (TPSA) is 53.6 Å². The van der Waals surface area contributed by atoms with Crippen LogP contribution in [0.3, 0.4) is 0 Å². The third kappa shape index (κ3) is 5.37. The zero-order valence-corrected chi connectivity index (χ0v) is 18.7. The molecule has 1 aliphatic rings. The van der Waals surface area contributed by atoms with E-state index >= 15 is 0 Å². The highest BCUT2D eigenvalue weighted by Gasteiger charge is 2.16. The Hall–Kier alpha value is -2.58. The van der Waals surface area contributed by atoms with Gasteiger partial charge < -0.3 is 9.88 Å². The number of benzene rings is 2. The third-order valence-electron chi connectivity index (χ3n) is 5.69. The first-order chi connectivity index (χ1) is 15.1. The van der Waals surface area contributed by atoms with Crippen LogP contribution in [-0.2, 0) is 13.1 Å². The molecule has 158 valence electrons. The number of allylic oxidation sites excluding steroid dienone is 1. The molecule has 0 saturated carbocycles. The molecule has 4 nitrogen and oxygen atoms in total. The van der Waals surface area contributed by atoms with Crippen molar-refractivity contribution in [1.82, 2.24) is 14.9 Å². The van der Waals surface area contributed by atoms with Crippen LogP contribution in [0.4, 0.5) is 0 Å². The maximum atomic E-state index is 8.97. The Labute approximate surface area is 193 Å². The highest BCUT2D eigenvalue weighted by Crippen LogP contribution is 2.34. The zero-order valence-electron chi connectivity index (χ0n) is 17.2. The van der Waals surface area contributed by atoms with E-state index in [1.807, 2.05) is 48.9 Å². The summed E-state index contributed by atoms with van der Waals surface area (Å²) in [6, 6.07) is 15.9. The number of halogens is 2. The van der Waals surface area contributed by atoms with Crippen molar-refractivity contribution in [2.75, 3.05) is 0 Å². The molecule has 4 rings (SSSR count). The van der Waals surface area contributed by atoms with E-state index in [4.69, 9.17) is 28.5 Å². The van der Waals surface area contributed by atoms with Gasteiger partial charge in [0.15, 0.2) is 0 Å². The van der Waals surface area contributed by atoms with E-state index in [9.17, 15) is 0 Å². The van der Waals surface area contributed by atoms with Gasteiger partial charge in [0.05, 0.1) is 33.7 Å². The Morgan fingerprint density at radius 1 is 1.13 bits per heavy atom. The summed E-state index contributed by atoms with van der Waals surface area (Å²) in [5, 5.41) is 13.9. The van der Waals surface area contributed by atoms with Crippen LogP contribution in [0.2, 0.25) is 10.0 Å². The third-order valence-corrected chi connectivity index (χ3v) is 6.51. The van der Waals surface area contributed by atoms with Crippen LogP contribution in [0.25, 0.3) is 5.57 Å². The van der Waals surface area contributed by atoms with Gasteiger partial charge in [-0.25, -0.2) is 4.98 Å². The number of nitrogens with one attached hydrogen (secondary N) is 1. The van der Waals surface area contributed by atoms with E-state index in [0.29, 0.717) is 15.6 Å². The minimum absolute atomic E-state index is 0.269. The number of imidazole rings is 1. The van der Waals surface area contributed by atoms with E-state index in [-0.39, 0.29) is 6.04 Å². The van der Waals surface area contributed by atoms with Gasteiger partial charge in [-0.2, -0.15) is 5.26 Å². The lowest BCUT2D eigenvalue weighted by Gasteiger charge is -2.16. The van der Waals surface area contributed by atoms with Gasteiger partial charge in [-0.3, -0.25) is 0 Å². The Kier molecular flexibility index (Phi) is 7.09. The molecule has 1 N–H and O–H groups in total. The van der Waals surface area contributed by atoms with Gasteiger partial charge in [-0.15, -0.1) is 0 Å². The standard InChI is InChI=1S/C25H24Cl2N4/c26-24-7-3-6-23(25(24)27)20-4-1-2-5-21(12-20)30-15-22-14-29-17-31(22)16-19-10-8-18(13-28)9-11-19/h3,6-12,14,17,21,30H,1-2,4-5,15-16H2. The minimum atomic E-state index is 0.269. The summed E-state index contributed by atoms with van der Waals surface area (Å²) >= 11 is 12.7. The lowest BCUT2D eigenvalue weighted by atomic mass is 10.0. The van der Waals surface area contributed by atoms with Crippen LogP contribution >= 0.6 is 23.2 Å².